The molecule has 4 atom stereocenters. The molecule has 2 aliphatic rings. The maximum Gasteiger partial charge on any atom is 0.120 e. The van der Waals surface area contributed by atoms with Crippen molar-refractivity contribution in [3.63, 3.8) is 0 Å². The van der Waals surface area contributed by atoms with Gasteiger partial charge in [-0.3, -0.25) is 0 Å². The lowest BCUT2D eigenvalue weighted by Crippen LogP contribution is -2.35. The molecule has 2 aliphatic carbocycles. The lowest BCUT2D eigenvalue weighted by atomic mass is 9.84. The molecule has 98 valence electrons. The zero-order chi connectivity index (χ0) is 12.5. The van der Waals surface area contributed by atoms with E-state index in [-0.39, 0.29) is 0 Å². The molecule has 0 radical (unpaired) electrons. The van der Waals surface area contributed by atoms with Crippen molar-refractivity contribution in [3.8, 4) is 5.75 Å². The Labute approximate surface area is 109 Å². The van der Waals surface area contributed by atoms with Crippen LogP contribution in [-0.4, -0.2) is 11.1 Å². The molecule has 2 fully saturated rings. The number of phenols is 1. The Morgan fingerprint density at radius 2 is 2.11 bits per heavy atom. The van der Waals surface area contributed by atoms with Gasteiger partial charge in [0.05, 0.1) is 0 Å². The van der Waals surface area contributed by atoms with E-state index in [0.29, 0.717) is 11.8 Å². The second-order valence-corrected chi connectivity index (χ2v) is 6.14. The SMILES string of the molecule is C[C@@H](NCc1ccccc1O)[C@@H]1C[C@H]2CC[C@H]1C2. The highest BCUT2D eigenvalue weighted by molar-refractivity contribution is 5.31. The van der Waals surface area contributed by atoms with Crippen LogP contribution in [0.5, 0.6) is 5.75 Å². The predicted octanol–water partition coefficient (Wildman–Crippen LogP) is 3.31. The van der Waals surface area contributed by atoms with Crippen molar-refractivity contribution in [1.82, 2.24) is 5.32 Å². The minimum atomic E-state index is 0.408. The number of rotatable bonds is 4. The molecule has 18 heavy (non-hydrogen) atoms. The first-order chi connectivity index (χ1) is 8.74. The van der Waals surface area contributed by atoms with Crippen molar-refractivity contribution in [1.29, 1.82) is 0 Å². The average molecular weight is 245 g/mol. The zero-order valence-electron chi connectivity index (χ0n) is 11.1. The fourth-order valence-electron chi connectivity index (χ4n) is 3.99. The highest BCUT2D eigenvalue weighted by Gasteiger charge is 2.41. The maximum absolute atomic E-state index is 9.75. The van der Waals surface area contributed by atoms with Crippen LogP contribution < -0.4 is 5.32 Å². The highest BCUT2D eigenvalue weighted by atomic mass is 16.3. The van der Waals surface area contributed by atoms with Crippen LogP contribution >= 0.6 is 0 Å². The number of nitrogens with one attached hydrogen (secondary N) is 1. The fourth-order valence-corrected chi connectivity index (χ4v) is 3.99. The van der Waals surface area contributed by atoms with E-state index < -0.39 is 0 Å². The van der Waals surface area contributed by atoms with Crippen molar-refractivity contribution in [2.45, 2.75) is 45.2 Å². The van der Waals surface area contributed by atoms with E-state index in [2.05, 4.69) is 12.2 Å². The predicted molar refractivity (Wildman–Crippen MR) is 73.3 cm³/mol. The Balaban J connectivity index is 1.56. The maximum atomic E-state index is 9.75. The molecular weight excluding hydrogens is 222 g/mol. The van der Waals surface area contributed by atoms with Crippen molar-refractivity contribution < 1.29 is 5.11 Å². The molecule has 2 saturated carbocycles. The summed E-state index contributed by atoms with van der Waals surface area (Å²) in [6, 6.07) is 8.19. The summed E-state index contributed by atoms with van der Waals surface area (Å²) in [6.07, 6.45) is 5.79. The van der Waals surface area contributed by atoms with E-state index in [0.717, 1.165) is 29.9 Å². The third kappa shape index (κ3) is 2.26. The molecule has 0 aromatic heterocycles. The fraction of sp³-hybridized carbons (Fsp3) is 0.625. The van der Waals surface area contributed by atoms with Crippen LogP contribution in [0.2, 0.25) is 0 Å². The zero-order valence-corrected chi connectivity index (χ0v) is 11.1. The average Bonchev–Trinajstić information content (AvgIpc) is 2.99. The minimum Gasteiger partial charge on any atom is -0.508 e. The standard InChI is InChI=1S/C16H23NO/c1-11(15-9-12-6-7-13(15)8-12)17-10-14-4-2-3-5-16(14)18/h2-5,11-13,15,17-18H,6-10H2,1H3/t11-,12+,13+,15+/m1/s1. The summed E-state index contributed by atoms with van der Waals surface area (Å²) in [5, 5.41) is 13.4. The molecule has 2 bridgehead atoms. The summed E-state index contributed by atoms with van der Waals surface area (Å²) in [4.78, 5) is 0. The number of para-hydroxylation sites is 1. The number of aromatic hydroxyl groups is 1. The van der Waals surface area contributed by atoms with E-state index in [9.17, 15) is 5.11 Å². The van der Waals surface area contributed by atoms with Crippen LogP contribution in [0, 0.1) is 17.8 Å². The van der Waals surface area contributed by atoms with Gasteiger partial charge in [0.1, 0.15) is 5.75 Å². The quantitative estimate of drug-likeness (QED) is 0.853. The van der Waals surface area contributed by atoms with Gasteiger partial charge >= 0.3 is 0 Å². The lowest BCUT2D eigenvalue weighted by molar-refractivity contribution is 0.259. The van der Waals surface area contributed by atoms with Crippen molar-refractivity contribution in [2.24, 2.45) is 17.8 Å². The normalized spacial score (nSPS) is 31.7. The van der Waals surface area contributed by atoms with Crippen molar-refractivity contribution in [3.05, 3.63) is 29.8 Å². The summed E-state index contributed by atoms with van der Waals surface area (Å²) in [5.74, 6) is 3.23. The monoisotopic (exact) mass is 245 g/mol. The van der Waals surface area contributed by atoms with Gasteiger partial charge in [-0.05, 0) is 50.0 Å². The molecule has 2 N–H and O–H groups in total. The van der Waals surface area contributed by atoms with Crippen LogP contribution in [0.4, 0.5) is 0 Å². The van der Waals surface area contributed by atoms with Gasteiger partial charge in [-0.15, -0.1) is 0 Å². The van der Waals surface area contributed by atoms with Crippen LogP contribution in [0.3, 0.4) is 0 Å². The number of hydrogen-bond acceptors (Lipinski definition) is 2. The molecule has 1 aromatic rings. The number of benzene rings is 1. The summed E-state index contributed by atoms with van der Waals surface area (Å²) >= 11 is 0. The van der Waals surface area contributed by atoms with Gasteiger partial charge in [0.25, 0.3) is 0 Å². The van der Waals surface area contributed by atoms with Crippen molar-refractivity contribution in [2.75, 3.05) is 0 Å². The molecule has 1 aromatic carbocycles. The first kappa shape index (κ1) is 12.0. The van der Waals surface area contributed by atoms with Crippen LogP contribution in [0.15, 0.2) is 24.3 Å². The minimum absolute atomic E-state index is 0.408. The van der Waals surface area contributed by atoms with Crippen LogP contribution in [0.25, 0.3) is 0 Å². The van der Waals surface area contributed by atoms with Crippen molar-refractivity contribution >= 4 is 0 Å². The van der Waals surface area contributed by atoms with Crippen LogP contribution in [0.1, 0.15) is 38.2 Å². The van der Waals surface area contributed by atoms with E-state index >= 15 is 0 Å². The lowest BCUT2D eigenvalue weighted by Gasteiger charge is -2.28. The summed E-state index contributed by atoms with van der Waals surface area (Å²) < 4.78 is 0. The van der Waals surface area contributed by atoms with E-state index in [4.69, 9.17) is 0 Å². The van der Waals surface area contributed by atoms with Gasteiger partial charge in [-0.2, -0.15) is 0 Å². The van der Waals surface area contributed by atoms with Gasteiger partial charge < -0.3 is 10.4 Å². The largest absolute Gasteiger partial charge is 0.508 e. The van der Waals surface area contributed by atoms with Gasteiger partial charge in [0.15, 0.2) is 0 Å². The Hall–Kier alpha value is -1.02. The molecule has 0 saturated heterocycles. The van der Waals surface area contributed by atoms with Gasteiger partial charge in [-0.1, -0.05) is 24.6 Å². The number of fused-ring (bicyclic) bond motifs is 2. The second-order valence-electron chi connectivity index (χ2n) is 6.14. The summed E-state index contributed by atoms with van der Waals surface area (Å²) in [7, 11) is 0. The first-order valence-electron chi connectivity index (χ1n) is 7.24. The topological polar surface area (TPSA) is 32.3 Å². The Morgan fingerprint density at radius 1 is 1.28 bits per heavy atom. The molecule has 2 heteroatoms. The Bertz CT molecular complexity index is 417. The first-order valence-corrected chi connectivity index (χ1v) is 7.24. The number of phenolic OH excluding ortho intramolecular Hbond substituents is 1. The van der Waals surface area contributed by atoms with Crippen LogP contribution in [-0.2, 0) is 6.54 Å². The molecule has 0 aliphatic heterocycles. The Morgan fingerprint density at radius 3 is 2.78 bits per heavy atom. The van der Waals surface area contributed by atoms with Gasteiger partial charge in [-0.25, -0.2) is 0 Å². The number of hydrogen-bond donors (Lipinski definition) is 2. The van der Waals surface area contributed by atoms with Gasteiger partial charge in [0.2, 0.25) is 0 Å². The van der Waals surface area contributed by atoms with E-state index in [1.165, 1.54) is 25.7 Å². The molecule has 3 rings (SSSR count). The molecular formula is C16H23NO. The molecule has 0 amide bonds. The summed E-state index contributed by atoms with van der Waals surface area (Å²) in [6.45, 7) is 3.09. The molecule has 0 heterocycles. The van der Waals surface area contributed by atoms with E-state index in [1.54, 1.807) is 6.07 Å². The molecule has 2 nitrogen and oxygen atoms in total. The Kier molecular flexibility index (Phi) is 3.29. The second kappa shape index (κ2) is 4.93. The third-order valence-electron chi connectivity index (χ3n) is 5.04. The van der Waals surface area contributed by atoms with Gasteiger partial charge in [0, 0.05) is 18.2 Å². The molecule has 0 spiro atoms. The molecule has 0 unspecified atom stereocenters. The summed E-state index contributed by atoms with van der Waals surface area (Å²) in [5.41, 5.74) is 1.01. The smallest absolute Gasteiger partial charge is 0.120 e. The highest BCUT2D eigenvalue weighted by Crippen LogP contribution is 2.49. The van der Waals surface area contributed by atoms with E-state index in [1.807, 2.05) is 18.2 Å². The third-order valence-corrected chi connectivity index (χ3v) is 5.04.